The maximum atomic E-state index is 10.9. The van der Waals surface area contributed by atoms with Crippen molar-refractivity contribution in [3.8, 4) is 0 Å². The zero-order valence-corrected chi connectivity index (χ0v) is 30.3. The van der Waals surface area contributed by atoms with Crippen molar-refractivity contribution < 1.29 is 63.6 Å². The molecule has 4 N–H and O–H groups in total. The van der Waals surface area contributed by atoms with Crippen molar-refractivity contribution >= 4 is 64.3 Å². The summed E-state index contributed by atoms with van der Waals surface area (Å²) in [6, 6.07) is 27.8. The number of halogens is 2. The van der Waals surface area contributed by atoms with Crippen LogP contribution in [0.5, 0.6) is 0 Å². The molecule has 0 amide bonds. The Balaban J connectivity index is 0.000000228. The van der Waals surface area contributed by atoms with E-state index in [0.29, 0.717) is 13.2 Å². The maximum Gasteiger partial charge on any atom is 0.400 e. The molecule has 4 aromatic carbocycles. The van der Waals surface area contributed by atoms with E-state index in [1.807, 2.05) is 60.7 Å². The highest BCUT2D eigenvalue weighted by atomic mass is 36.0. The van der Waals surface area contributed by atoms with Crippen LogP contribution in [0.25, 0.3) is 0 Å². The molecule has 2 aliphatic heterocycles. The van der Waals surface area contributed by atoms with Crippen molar-refractivity contribution in [1.82, 2.24) is 0 Å². The summed E-state index contributed by atoms with van der Waals surface area (Å²) in [5, 5.41) is 34.6. The molecule has 0 radical (unpaired) electrons. The summed E-state index contributed by atoms with van der Waals surface area (Å²) < 4.78 is 60.6. The van der Waals surface area contributed by atoms with E-state index in [0.717, 1.165) is 33.4 Å². The van der Waals surface area contributed by atoms with E-state index in [1.54, 1.807) is 12.1 Å². The van der Waals surface area contributed by atoms with Crippen LogP contribution in [0.1, 0.15) is 54.1 Å². The summed E-state index contributed by atoms with van der Waals surface area (Å²) in [5.74, 6) is -2.46. The molecule has 51 heavy (non-hydrogen) atoms. The predicted octanol–water partition coefficient (Wildman–Crippen LogP) is 5.09. The van der Waals surface area contributed by atoms with E-state index in [-0.39, 0.29) is 37.6 Å². The lowest BCUT2D eigenvalue weighted by molar-refractivity contribution is 0.0651. The molecule has 19 heteroatoms. The number of fused-ring (bicyclic) bond motifs is 2. The van der Waals surface area contributed by atoms with E-state index < -0.39 is 42.9 Å². The van der Waals surface area contributed by atoms with Gasteiger partial charge >= 0.3 is 33.7 Å². The molecule has 2 aliphatic rings. The Morgan fingerprint density at radius 1 is 0.627 bits per heavy atom. The Bertz CT molecular complexity index is 1770. The normalized spacial score (nSPS) is 14.3. The Kier molecular flexibility index (Phi) is 19.7. The smallest absolute Gasteiger partial charge is 0.400 e. The fraction of sp³-hybridized carbons (Fsp3) is 0.188. The van der Waals surface area contributed by atoms with Gasteiger partial charge < -0.3 is 20.4 Å². The van der Waals surface area contributed by atoms with E-state index in [1.165, 1.54) is 24.3 Å². The van der Waals surface area contributed by atoms with Gasteiger partial charge in [0.2, 0.25) is 9.23 Å². The number of aromatic carboxylic acids is 2. The first kappa shape index (κ1) is 43.6. The molecule has 0 bridgehead atoms. The minimum atomic E-state index is -3.79. The van der Waals surface area contributed by atoms with Crippen LogP contribution >= 0.6 is 21.4 Å². The van der Waals surface area contributed by atoms with Gasteiger partial charge in [0.1, 0.15) is 0 Å². The number of carboxylic acid groups (broad SMARTS) is 2. The third-order valence-electron chi connectivity index (χ3n) is 6.42. The van der Waals surface area contributed by atoms with Crippen LogP contribution < -0.4 is 0 Å². The third kappa shape index (κ3) is 16.5. The number of aliphatic hydroxyl groups excluding tert-OH is 2. The van der Waals surface area contributed by atoms with Crippen LogP contribution in [0.3, 0.4) is 0 Å². The summed E-state index contributed by atoms with van der Waals surface area (Å²) in [4.78, 5) is 20.9. The lowest BCUT2D eigenvalue weighted by Gasteiger charge is -2.01. The number of benzene rings is 4. The zero-order valence-electron chi connectivity index (χ0n) is 26.3. The molecular formula is C32H32Cl2O14S3. The quantitative estimate of drug-likeness (QED) is 0.198. The number of aliphatic hydroxyl groups is 2. The van der Waals surface area contributed by atoms with Crippen molar-refractivity contribution in [1.29, 1.82) is 0 Å². The average Bonchev–Trinajstić information content (AvgIpc) is 3.41. The second-order valence-corrected chi connectivity index (χ2v) is 14.3. The molecule has 4 aromatic rings. The molecule has 276 valence electrons. The lowest BCUT2D eigenvalue weighted by atomic mass is 10.1. The monoisotopic (exact) mass is 806 g/mol. The van der Waals surface area contributed by atoms with Crippen LogP contribution in [-0.2, 0) is 87.4 Å². The summed E-state index contributed by atoms with van der Waals surface area (Å²) in [7, 11) is 3.57. The highest BCUT2D eigenvalue weighted by Crippen LogP contribution is 2.19. The second kappa shape index (κ2) is 23.1. The van der Waals surface area contributed by atoms with Crippen LogP contribution in [0, 0.1) is 0 Å². The Morgan fingerprint density at radius 3 is 1.24 bits per heavy atom. The molecule has 0 unspecified atom stereocenters. The fourth-order valence-electron chi connectivity index (χ4n) is 3.96. The van der Waals surface area contributed by atoms with Crippen molar-refractivity contribution in [2.45, 2.75) is 39.6 Å². The molecule has 0 aliphatic carbocycles. The van der Waals surface area contributed by atoms with E-state index in [2.05, 4.69) is 29.7 Å². The molecule has 14 nitrogen and oxygen atoms in total. The maximum absolute atomic E-state index is 10.9. The standard InChI is InChI=1S/C8H8O4S.C8H6O4.C8H8O3S.C8H10O2.Cl2OS/c9-13(10)11-5-7-3-1-2-4-8(7)6-12-13;9-7(10)5-3-1-2-4-6(5)8(11)12;9-12-10-5-7-3-1-2-4-8(7)6-11-12;9-5-7-3-1-2-4-8(7)6-10;1-4(2)3/h1-4H,5-6H2;1-4H,(H,9,10)(H,11,12);1-4H,5-6H2;1-4,9-10H,5-6H2;. The van der Waals surface area contributed by atoms with Gasteiger partial charge in [-0.3, -0.25) is 8.37 Å². The third-order valence-corrected chi connectivity index (χ3v) is 7.86. The Labute approximate surface area is 307 Å². The van der Waals surface area contributed by atoms with Gasteiger partial charge in [-0.1, -0.05) is 84.9 Å². The summed E-state index contributed by atoms with van der Waals surface area (Å²) in [6.07, 6.45) is 0. The summed E-state index contributed by atoms with van der Waals surface area (Å²) in [6.45, 7) is 0.829. The van der Waals surface area contributed by atoms with E-state index in [4.69, 9.17) is 33.0 Å². The van der Waals surface area contributed by atoms with Crippen LogP contribution in [0.15, 0.2) is 97.1 Å². The first-order valence-electron chi connectivity index (χ1n) is 14.2. The van der Waals surface area contributed by atoms with Crippen LogP contribution in [-0.4, -0.2) is 49.2 Å². The average molecular weight is 808 g/mol. The predicted molar refractivity (Wildman–Crippen MR) is 188 cm³/mol. The zero-order chi connectivity index (χ0) is 37.8. The second-order valence-electron chi connectivity index (χ2n) is 9.62. The van der Waals surface area contributed by atoms with E-state index >= 15 is 0 Å². The molecular weight excluding hydrogens is 775 g/mol. The van der Waals surface area contributed by atoms with Crippen molar-refractivity contribution in [2.75, 3.05) is 0 Å². The number of rotatable bonds is 4. The largest absolute Gasteiger partial charge is 0.478 e. The van der Waals surface area contributed by atoms with Crippen molar-refractivity contribution in [3.63, 3.8) is 0 Å². The van der Waals surface area contributed by atoms with Crippen molar-refractivity contribution in [2.24, 2.45) is 0 Å². The van der Waals surface area contributed by atoms with Gasteiger partial charge in [0.05, 0.1) is 50.8 Å². The summed E-state index contributed by atoms with van der Waals surface area (Å²) >= 11 is -1.58. The molecule has 0 aromatic heterocycles. The molecule has 0 saturated heterocycles. The minimum Gasteiger partial charge on any atom is -0.478 e. The lowest BCUT2D eigenvalue weighted by Crippen LogP contribution is -2.06. The van der Waals surface area contributed by atoms with Crippen LogP contribution in [0.2, 0.25) is 0 Å². The van der Waals surface area contributed by atoms with Crippen LogP contribution in [0.4, 0.5) is 0 Å². The fourth-order valence-corrected chi connectivity index (χ4v) is 5.09. The van der Waals surface area contributed by atoms with Crippen molar-refractivity contribution in [3.05, 3.63) is 142 Å². The van der Waals surface area contributed by atoms with Gasteiger partial charge in [-0.15, -0.1) is 0 Å². The number of hydrogen-bond donors (Lipinski definition) is 4. The molecule has 0 saturated carbocycles. The van der Waals surface area contributed by atoms with Gasteiger partial charge in [-0.2, -0.15) is 12.6 Å². The van der Waals surface area contributed by atoms with Gasteiger partial charge in [-0.05, 0) is 45.5 Å². The number of hydrogen-bond acceptors (Lipinski definition) is 12. The van der Waals surface area contributed by atoms with Gasteiger partial charge in [0.25, 0.3) is 0 Å². The minimum absolute atomic E-state index is 0.00324. The Hall–Kier alpha value is -3.59. The number of carboxylic acids is 2. The first-order valence-corrected chi connectivity index (χ1v) is 19.4. The molecule has 0 fully saturated rings. The topological polar surface area (TPSA) is 220 Å². The Morgan fingerprint density at radius 2 is 0.922 bits per heavy atom. The van der Waals surface area contributed by atoms with E-state index in [9.17, 15) is 22.2 Å². The number of carbonyl (C=O) groups is 2. The first-order chi connectivity index (χ1) is 24.3. The molecule has 0 atom stereocenters. The van der Waals surface area contributed by atoms with Gasteiger partial charge in [-0.25, -0.2) is 22.2 Å². The molecule has 0 spiro atoms. The summed E-state index contributed by atoms with van der Waals surface area (Å²) in [5.41, 5.74) is 5.00. The van der Waals surface area contributed by atoms with Gasteiger partial charge in [0, 0.05) is 21.4 Å². The highest BCUT2D eigenvalue weighted by molar-refractivity contribution is 8.26. The molecule has 6 rings (SSSR count). The highest BCUT2D eigenvalue weighted by Gasteiger charge is 2.19. The SMILES string of the molecule is O=C(O)c1ccccc1C(=O)O.O=S(Cl)Cl.O=S1(=O)OCc2ccccc2CO1.O=S1OCc2ccccc2CO1.OCc1ccccc1CO. The van der Waals surface area contributed by atoms with Gasteiger partial charge in [0.15, 0.2) is 0 Å². The molecule has 2 heterocycles.